The van der Waals surface area contributed by atoms with Crippen molar-refractivity contribution in [1.82, 2.24) is 4.90 Å². The number of fused-ring (bicyclic) bond motifs is 1. The molecule has 0 bridgehead atoms. The normalized spacial score (nSPS) is 24.3. The first-order valence-corrected chi connectivity index (χ1v) is 9.07. The van der Waals surface area contributed by atoms with Gasteiger partial charge in [0.15, 0.2) is 11.5 Å². The molecule has 2 aliphatic rings. The Hall–Kier alpha value is -2.54. The number of carbonyl (C=O) groups is 2. The van der Waals surface area contributed by atoms with E-state index >= 15 is 0 Å². The maximum absolute atomic E-state index is 13.1. The van der Waals surface area contributed by atoms with Gasteiger partial charge >= 0.3 is 5.97 Å². The largest absolute Gasteiger partial charge is 0.493 e. The number of amides is 1. The van der Waals surface area contributed by atoms with E-state index in [4.69, 9.17) is 14.2 Å². The number of benzene rings is 1. The van der Waals surface area contributed by atoms with Gasteiger partial charge < -0.3 is 24.2 Å². The van der Waals surface area contributed by atoms with Crippen LogP contribution in [0.15, 0.2) is 30.0 Å². The molecule has 146 valence electrons. The summed E-state index contributed by atoms with van der Waals surface area (Å²) in [6, 6.07) is 5.38. The monoisotopic (exact) mass is 375 g/mol. The van der Waals surface area contributed by atoms with Crippen LogP contribution in [0, 0.1) is 5.92 Å². The molecule has 1 aliphatic carbocycles. The molecule has 1 aromatic carbocycles. The highest BCUT2D eigenvalue weighted by atomic mass is 16.6. The molecule has 1 heterocycles. The van der Waals surface area contributed by atoms with Crippen molar-refractivity contribution in [3.63, 3.8) is 0 Å². The Morgan fingerprint density at radius 1 is 1.30 bits per heavy atom. The van der Waals surface area contributed by atoms with Crippen LogP contribution in [0.2, 0.25) is 0 Å². The van der Waals surface area contributed by atoms with Crippen molar-refractivity contribution in [2.75, 3.05) is 20.8 Å². The third-order valence-electron chi connectivity index (χ3n) is 5.14. The van der Waals surface area contributed by atoms with E-state index in [0.29, 0.717) is 11.5 Å². The van der Waals surface area contributed by atoms with Crippen molar-refractivity contribution < 1.29 is 28.9 Å². The van der Waals surface area contributed by atoms with Crippen LogP contribution in [0.25, 0.3) is 0 Å². The highest BCUT2D eigenvalue weighted by Crippen LogP contribution is 2.42. The van der Waals surface area contributed by atoms with Crippen molar-refractivity contribution >= 4 is 11.9 Å². The number of nitrogens with zero attached hydrogens (tertiary/aromatic N) is 1. The van der Waals surface area contributed by atoms with Crippen molar-refractivity contribution in [2.24, 2.45) is 5.92 Å². The van der Waals surface area contributed by atoms with Crippen molar-refractivity contribution in [3.8, 4) is 11.5 Å². The number of piperidine rings is 1. The Bertz CT molecular complexity index is 774. The van der Waals surface area contributed by atoms with E-state index in [0.717, 1.165) is 24.1 Å². The van der Waals surface area contributed by atoms with Gasteiger partial charge in [-0.1, -0.05) is 12.1 Å². The molecule has 1 N–H and O–H groups in total. The molecule has 2 atom stereocenters. The van der Waals surface area contributed by atoms with E-state index in [9.17, 15) is 14.7 Å². The smallest absolute Gasteiger partial charge is 0.348 e. The maximum Gasteiger partial charge on any atom is 0.348 e. The first kappa shape index (κ1) is 19.2. The van der Waals surface area contributed by atoms with E-state index in [1.807, 2.05) is 12.1 Å². The zero-order valence-electron chi connectivity index (χ0n) is 15.9. The SMILES string of the molecule is CCOC(=O)C1(O)CC2CCC=C2N(Cc2ccc(OC)c(OC)c2)C1=O. The lowest BCUT2D eigenvalue weighted by atomic mass is 9.82. The van der Waals surface area contributed by atoms with Gasteiger partial charge in [0.1, 0.15) is 0 Å². The molecule has 0 spiro atoms. The average molecular weight is 375 g/mol. The molecule has 1 aromatic rings. The maximum atomic E-state index is 13.1. The average Bonchev–Trinajstić information content (AvgIpc) is 3.13. The Morgan fingerprint density at radius 3 is 2.70 bits per heavy atom. The van der Waals surface area contributed by atoms with Gasteiger partial charge in [0.25, 0.3) is 5.91 Å². The summed E-state index contributed by atoms with van der Waals surface area (Å²) in [5.41, 5.74) is -0.469. The number of rotatable bonds is 6. The lowest BCUT2D eigenvalue weighted by Gasteiger charge is -2.41. The minimum atomic E-state index is -2.14. The molecule has 2 unspecified atom stereocenters. The molecule has 0 saturated carbocycles. The molecule has 1 amide bonds. The predicted octanol–water partition coefficient (Wildman–Crippen LogP) is 2.02. The van der Waals surface area contributed by atoms with E-state index in [-0.39, 0.29) is 25.5 Å². The molecule has 1 saturated heterocycles. The zero-order chi connectivity index (χ0) is 19.6. The number of esters is 1. The van der Waals surface area contributed by atoms with E-state index in [1.165, 1.54) is 4.90 Å². The third kappa shape index (κ3) is 3.39. The van der Waals surface area contributed by atoms with Crippen LogP contribution in [0.4, 0.5) is 0 Å². The van der Waals surface area contributed by atoms with E-state index in [2.05, 4.69) is 0 Å². The lowest BCUT2D eigenvalue weighted by molar-refractivity contribution is -0.180. The zero-order valence-corrected chi connectivity index (χ0v) is 15.9. The molecule has 1 aliphatic heterocycles. The van der Waals surface area contributed by atoms with Gasteiger partial charge in [-0.3, -0.25) is 4.79 Å². The first-order chi connectivity index (χ1) is 12.9. The second-order valence-electron chi connectivity index (χ2n) is 6.77. The fourth-order valence-electron chi connectivity index (χ4n) is 3.81. The summed E-state index contributed by atoms with van der Waals surface area (Å²) in [6.45, 7) is 1.98. The van der Waals surface area contributed by atoms with Gasteiger partial charge in [-0.05, 0) is 37.5 Å². The summed E-state index contributed by atoms with van der Waals surface area (Å²) in [7, 11) is 3.10. The Labute approximate surface area is 158 Å². The summed E-state index contributed by atoms with van der Waals surface area (Å²) in [6.07, 6.45) is 3.69. The van der Waals surface area contributed by atoms with Crippen LogP contribution in [0.1, 0.15) is 31.7 Å². The number of hydrogen-bond acceptors (Lipinski definition) is 6. The molecular formula is C20H25NO6. The van der Waals surface area contributed by atoms with E-state index in [1.54, 1.807) is 33.3 Å². The van der Waals surface area contributed by atoms with Gasteiger partial charge in [-0.2, -0.15) is 0 Å². The summed E-state index contributed by atoms with van der Waals surface area (Å²) >= 11 is 0. The fourth-order valence-corrected chi connectivity index (χ4v) is 3.81. The predicted molar refractivity (Wildman–Crippen MR) is 97.1 cm³/mol. The molecule has 1 fully saturated rings. The molecule has 3 rings (SSSR count). The highest BCUT2D eigenvalue weighted by Gasteiger charge is 2.55. The van der Waals surface area contributed by atoms with Crippen molar-refractivity contribution in [2.45, 2.75) is 38.3 Å². The number of hydrogen-bond donors (Lipinski definition) is 1. The van der Waals surface area contributed by atoms with Crippen molar-refractivity contribution in [1.29, 1.82) is 0 Å². The molecule has 0 aromatic heterocycles. The van der Waals surface area contributed by atoms with Crippen LogP contribution in [-0.2, 0) is 20.9 Å². The number of likely N-dealkylation sites (tertiary alicyclic amines) is 1. The van der Waals surface area contributed by atoms with Gasteiger partial charge in [-0.15, -0.1) is 0 Å². The summed E-state index contributed by atoms with van der Waals surface area (Å²) in [5, 5.41) is 10.9. The topological polar surface area (TPSA) is 85.3 Å². The number of ether oxygens (including phenoxy) is 3. The Kier molecular flexibility index (Phi) is 5.41. The van der Waals surface area contributed by atoms with Crippen LogP contribution in [0.5, 0.6) is 11.5 Å². The minimum Gasteiger partial charge on any atom is -0.493 e. The van der Waals surface area contributed by atoms with Crippen LogP contribution < -0.4 is 9.47 Å². The quantitative estimate of drug-likeness (QED) is 0.605. The second kappa shape index (κ2) is 7.60. The van der Waals surface area contributed by atoms with Crippen LogP contribution in [0.3, 0.4) is 0 Å². The third-order valence-corrected chi connectivity index (χ3v) is 5.14. The molecular weight excluding hydrogens is 350 g/mol. The van der Waals surface area contributed by atoms with Gasteiger partial charge in [0, 0.05) is 18.0 Å². The lowest BCUT2D eigenvalue weighted by Crippen LogP contribution is -2.59. The van der Waals surface area contributed by atoms with Crippen LogP contribution >= 0.6 is 0 Å². The standard InChI is InChI=1S/C20H25NO6/c1-4-27-19(23)20(24)11-14-6-5-7-15(14)21(18(20)22)12-13-8-9-16(25-2)17(10-13)26-3/h7-10,14,24H,4-6,11-12H2,1-3H3. The Morgan fingerprint density at radius 2 is 2.04 bits per heavy atom. The second-order valence-corrected chi connectivity index (χ2v) is 6.77. The number of aliphatic hydroxyl groups is 1. The number of carbonyl (C=O) groups excluding carboxylic acids is 2. The molecule has 27 heavy (non-hydrogen) atoms. The Balaban J connectivity index is 1.92. The first-order valence-electron chi connectivity index (χ1n) is 9.07. The van der Waals surface area contributed by atoms with Crippen molar-refractivity contribution in [3.05, 3.63) is 35.5 Å². The number of allylic oxidation sites excluding steroid dienone is 2. The number of methoxy groups -OCH3 is 2. The highest BCUT2D eigenvalue weighted by molar-refractivity contribution is 6.07. The molecule has 0 radical (unpaired) electrons. The molecule has 7 nitrogen and oxygen atoms in total. The summed E-state index contributed by atoms with van der Waals surface area (Å²) in [4.78, 5) is 26.9. The minimum absolute atomic E-state index is 0.0442. The summed E-state index contributed by atoms with van der Waals surface area (Å²) in [5.74, 6) is -0.417. The van der Waals surface area contributed by atoms with Gasteiger partial charge in [0.2, 0.25) is 5.60 Å². The van der Waals surface area contributed by atoms with Gasteiger partial charge in [-0.25, -0.2) is 4.79 Å². The van der Waals surface area contributed by atoms with Gasteiger partial charge in [0.05, 0.1) is 27.4 Å². The molecule has 7 heteroatoms. The van der Waals surface area contributed by atoms with Crippen LogP contribution in [-0.4, -0.2) is 48.3 Å². The fraction of sp³-hybridized carbons (Fsp3) is 0.500. The summed E-state index contributed by atoms with van der Waals surface area (Å²) < 4.78 is 15.5. The van der Waals surface area contributed by atoms with E-state index < -0.39 is 17.5 Å².